The third-order valence-electron chi connectivity index (χ3n) is 4.27. The minimum Gasteiger partial charge on any atom is -0.369 e. The molecule has 1 aliphatic rings. The summed E-state index contributed by atoms with van der Waals surface area (Å²) in [5.41, 5.74) is 2.77. The number of anilines is 1. The zero-order chi connectivity index (χ0) is 14.5. The molecule has 0 spiro atoms. The third-order valence-corrected chi connectivity index (χ3v) is 4.27. The molecule has 112 valence electrons. The number of piperidine rings is 1. The van der Waals surface area contributed by atoms with E-state index < -0.39 is 0 Å². The molecule has 2 unspecified atom stereocenters. The standard InChI is InChI=1S/C18H30N2/c1-14(2)11-19-12-17-7-9-18(10-8-17)20-13-15(3)5-6-16(20)4/h7-10,14-16,19H,5-6,11-13H2,1-4H3. The summed E-state index contributed by atoms with van der Waals surface area (Å²) in [6.45, 7) is 12.5. The minimum atomic E-state index is 0.677. The molecule has 1 aromatic rings. The van der Waals surface area contributed by atoms with Gasteiger partial charge in [0.2, 0.25) is 0 Å². The Labute approximate surface area is 124 Å². The van der Waals surface area contributed by atoms with Gasteiger partial charge in [0.25, 0.3) is 0 Å². The first kappa shape index (κ1) is 15.4. The number of hydrogen-bond acceptors (Lipinski definition) is 2. The van der Waals surface area contributed by atoms with E-state index in [-0.39, 0.29) is 0 Å². The lowest BCUT2D eigenvalue weighted by atomic mass is 9.94. The predicted octanol–water partition coefficient (Wildman–Crippen LogP) is 4.06. The summed E-state index contributed by atoms with van der Waals surface area (Å²) in [4.78, 5) is 2.57. The van der Waals surface area contributed by atoms with Crippen LogP contribution in [0.15, 0.2) is 24.3 Å². The number of hydrogen-bond donors (Lipinski definition) is 1. The fraction of sp³-hybridized carbons (Fsp3) is 0.667. The van der Waals surface area contributed by atoms with Crippen molar-refractivity contribution in [3.8, 4) is 0 Å². The molecule has 0 radical (unpaired) electrons. The van der Waals surface area contributed by atoms with Crippen LogP contribution >= 0.6 is 0 Å². The highest BCUT2D eigenvalue weighted by Gasteiger charge is 2.22. The molecule has 0 saturated carbocycles. The van der Waals surface area contributed by atoms with Gasteiger partial charge in [0.05, 0.1) is 0 Å². The van der Waals surface area contributed by atoms with Crippen molar-refractivity contribution in [3.05, 3.63) is 29.8 Å². The molecule has 1 aliphatic heterocycles. The fourth-order valence-electron chi connectivity index (χ4n) is 2.96. The van der Waals surface area contributed by atoms with Gasteiger partial charge in [-0.25, -0.2) is 0 Å². The summed E-state index contributed by atoms with van der Waals surface area (Å²) in [6.07, 6.45) is 2.69. The smallest absolute Gasteiger partial charge is 0.0368 e. The van der Waals surface area contributed by atoms with Crippen LogP contribution in [0.3, 0.4) is 0 Å². The van der Waals surface area contributed by atoms with E-state index in [1.807, 2.05) is 0 Å². The van der Waals surface area contributed by atoms with Crippen LogP contribution < -0.4 is 10.2 Å². The van der Waals surface area contributed by atoms with E-state index in [9.17, 15) is 0 Å². The van der Waals surface area contributed by atoms with Crippen LogP contribution in [0.2, 0.25) is 0 Å². The summed E-state index contributed by atoms with van der Waals surface area (Å²) in [6, 6.07) is 9.81. The Balaban J connectivity index is 1.93. The summed E-state index contributed by atoms with van der Waals surface area (Å²) in [5, 5.41) is 3.50. The monoisotopic (exact) mass is 274 g/mol. The molecular formula is C18H30N2. The topological polar surface area (TPSA) is 15.3 Å². The molecule has 2 heteroatoms. The van der Waals surface area contributed by atoms with Crippen LogP contribution in [0, 0.1) is 11.8 Å². The maximum absolute atomic E-state index is 3.50. The van der Waals surface area contributed by atoms with Gasteiger partial charge in [0.15, 0.2) is 0 Å². The molecule has 1 fully saturated rings. The molecule has 0 aliphatic carbocycles. The number of rotatable bonds is 5. The Morgan fingerprint density at radius 3 is 2.50 bits per heavy atom. The first-order valence-electron chi connectivity index (χ1n) is 8.12. The number of nitrogens with one attached hydrogen (secondary N) is 1. The Morgan fingerprint density at radius 2 is 1.85 bits per heavy atom. The SMILES string of the molecule is CC(C)CNCc1ccc(N2CC(C)CCC2C)cc1. The van der Waals surface area contributed by atoms with Crippen molar-refractivity contribution in [3.63, 3.8) is 0 Å². The van der Waals surface area contributed by atoms with E-state index in [2.05, 4.69) is 62.2 Å². The van der Waals surface area contributed by atoms with E-state index in [4.69, 9.17) is 0 Å². The van der Waals surface area contributed by atoms with Crippen LogP contribution in [0.1, 0.15) is 46.1 Å². The lowest BCUT2D eigenvalue weighted by molar-refractivity contribution is 0.390. The highest BCUT2D eigenvalue weighted by Crippen LogP contribution is 2.27. The van der Waals surface area contributed by atoms with Gasteiger partial charge >= 0.3 is 0 Å². The van der Waals surface area contributed by atoms with Gasteiger partial charge < -0.3 is 10.2 Å². The van der Waals surface area contributed by atoms with Crippen LogP contribution in [0.5, 0.6) is 0 Å². The highest BCUT2D eigenvalue weighted by molar-refractivity contribution is 5.49. The molecule has 2 rings (SSSR count). The molecule has 0 bridgehead atoms. The molecule has 1 heterocycles. The van der Waals surface area contributed by atoms with E-state index in [0.717, 1.165) is 19.0 Å². The molecule has 2 nitrogen and oxygen atoms in total. The zero-order valence-electron chi connectivity index (χ0n) is 13.5. The molecule has 1 N–H and O–H groups in total. The zero-order valence-corrected chi connectivity index (χ0v) is 13.5. The Bertz CT molecular complexity index is 396. The lowest BCUT2D eigenvalue weighted by Gasteiger charge is -2.38. The molecule has 0 aromatic heterocycles. The summed E-state index contributed by atoms with van der Waals surface area (Å²) in [7, 11) is 0. The molecular weight excluding hydrogens is 244 g/mol. The van der Waals surface area contributed by atoms with Crippen molar-refractivity contribution in [2.24, 2.45) is 11.8 Å². The highest BCUT2D eigenvalue weighted by atomic mass is 15.2. The Morgan fingerprint density at radius 1 is 1.15 bits per heavy atom. The molecule has 1 saturated heterocycles. The van der Waals surface area contributed by atoms with Crippen molar-refractivity contribution in [2.45, 2.75) is 53.1 Å². The second-order valence-corrected chi connectivity index (χ2v) is 6.88. The van der Waals surface area contributed by atoms with Gasteiger partial charge in [-0.15, -0.1) is 0 Å². The van der Waals surface area contributed by atoms with Crippen LogP contribution in [0.25, 0.3) is 0 Å². The maximum atomic E-state index is 3.50. The fourth-order valence-corrected chi connectivity index (χ4v) is 2.96. The van der Waals surface area contributed by atoms with Gasteiger partial charge in [-0.1, -0.05) is 32.9 Å². The van der Waals surface area contributed by atoms with E-state index in [1.165, 1.54) is 30.6 Å². The normalized spacial score (nSPS) is 23.4. The summed E-state index contributed by atoms with van der Waals surface area (Å²) < 4.78 is 0. The lowest BCUT2D eigenvalue weighted by Crippen LogP contribution is -2.41. The second-order valence-electron chi connectivity index (χ2n) is 6.88. The largest absolute Gasteiger partial charge is 0.369 e. The quantitative estimate of drug-likeness (QED) is 0.871. The number of benzene rings is 1. The van der Waals surface area contributed by atoms with Crippen LogP contribution in [0.4, 0.5) is 5.69 Å². The Kier molecular flexibility index (Phi) is 5.47. The minimum absolute atomic E-state index is 0.677. The summed E-state index contributed by atoms with van der Waals surface area (Å²) in [5.74, 6) is 1.53. The third kappa shape index (κ3) is 4.24. The average molecular weight is 274 g/mol. The molecule has 2 atom stereocenters. The van der Waals surface area contributed by atoms with Crippen LogP contribution in [-0.2, 0) is 6.54 Å². The van der Waals surface area contributed by atoms with Gasteiger partial charge in [-0.2, -0.15) is 0 Å². The summed E-state index contributed by atoms with van der Waals surface area (Å²) >= 11 is 0. The predicted molar refractivity (Wildman–Crippen MR) is 88.2 cm³/mol. The van der Waals surface area contributed by atoms with Crippen molar-refractivity contribution in [1.29, 1.82) is 0 Å². The van der Waals surface area contributed by atoms with E-state index in [0.29, 0.717) is 12.0 Å². The van der Waals surface area contributed by atoms with Gasteiger partial charge in [0.1, 0.15) is 0 Å². The number of nitrogens with zero attached hydrogens (tertiary/aromatic N) is 1. The van der Waals surface area contributed by atoms with Gasteiger partial charge in [-0.3, -0.25) is 0 Å². The van der Waals surface area contributed by atoms with Crippen LogP contribution in [-0.4, -0.2) is 19.1 Å². The maximum Gasteiger partial charge on any atom is 0.0368 e. The van der Waals surface area contributed by atoms with Crippen molar-refractivity contribution in [2.75, 3.05) is 18.0 Å². The molecule has 20 heavy (non-hydrogen) atoms. The van der Waals surface area contributed by atoms with Gasteiger partial charge in [0, 0.05) is 24.8 Å². The average Bonchev–Trinajstić information content (AvgIpc) is 2.42. The molecule has 1 aromatic carbocycles. The van der Waals surface area contributed by atoms with Crippen molar-refractivity contribution in [1.82, 2.24) is 5.32 Å². The second kappa shape index (κ2) is 7.12. The van der Waals surface area contributed by atoms with Gasteiger partial charge in [-0.05, 0) is 55.8 Å². The van der Waals surface area contributed by atoms with Crippen molar-refractivity contribution >= 4 is 5.69 Å². The first-order valence-corrected chi connectivity index (χ1v) is 8.12. The van der Waals surface area contributed by atoms with E-state index >= 15 is 0 Å². The Hall–Kier alpha value is -1.02. The molecule has 0 amide bonds. The van der Waals surface area contributed by atoms with Crippen molar-refractivity contribution < 1.29 is 0 Å². The van der Waals surface area contributed by atoms with E-state index in [1.54, 1.807) is 0 Å². The first-order chi connectivity index (χ1) is 9.56.